The maximum Gasteiger partial charge on any atom is 0.307 e. The standard InChI is InChI=1S/C8H15NO3.ClH/c9-4-3-8(10)12-6-7-2-1-5-11-7;/h7H,1-6,9H2;1H. The highest BCUT2D eigenvalue weighted by molar-refractivity contribution is 5.85. The van der Waals surface area contributed by atoms with Gasteiger partial charge in [-0.2, -0.15) is 0 Å². The summed E-state index contributed by atoms with van der Waals surface area (Å²) in [5, 5.41) is 0. The molecule has 5 heteroatoms. The van der Waals surface area contributed by atoms with Gasteiger partial charge in [-0.3, -0.25) is 4.79 Å². The van der Waals surface area contributed by atoms with Crippen LogP contribution in [-0.4, -0.2) is 31.8 Å². The topological polar surface area (TPSA) is 61.6 Å². The Labute approximate surface area is 84.2 Å². The van der Waals surface area contributed by atoms with Gasteiger partial charge in [0, 0.05) is 13.2 Å². The van der Waals surface area contributed by atoms with Gasteiger partial charge in [-0.05, 0) is 12.8 Å². The second-order valence-corrected chi connectivity index (χ2v) is 2.86. The number of hydrogen-bond donors (Lipinski definition) is 1. The minimum atomic E-state index is -0.229. The average Bonchev–Trinajstić information content (AvgIpc) is 2.53. The van der Waals surface area contributed by atoms with Crippen molar-refractivity contribution in [2.75, 3.05) is 19.8 Å². The number of esters is 1. The highest BCUT2D eigenvalue weighted by Crippen LogP contribution is 2.11. The first-order valence-electron chi connectivity index (χ1n) is 4.30. The van der Waals surface area contributed by atoms with Crippen LogP contribution in [-0.2, 0) is 14.3 Å². The molecule has 4 nitrogen and oxygen atoms in total. The van der Waals surface area contributed by atoms with Crippen LogP contribution in [0.2, 0.25) is 0 Å². The van der Waals surface area contributed by atoms with Gasteiger partial charge >= 0.3 is 5.97 Å². The summed E-state index contributed by atoms with van der Waals surface area (Å²) in [4.78, 5) is 10.8. The Morgan fingerprint density at radius 3 is 2.92 bits per heavy atom. The van der Waals surface area contributed by atoms with Gasteiger partial charge in [0.1, 0.15) is 6.61 Å². The molecule has 2 N–H and O–H groups in total. The van der Waals surface area contributed by atoms with Gasteiger partial charge < -0.3 is 15.2 Å². The summed E-state index contributed by atoms with van der Waals surface area (Å²) >= 11 is 0. The minimum Gasteiger partial charge on any atom is -0.463 e. The summed E-state index contributed by atoms with van der Waals surface area (Å²) in [7, 11) is 0. The zero-order chi connectivity index (χ0) is 8.81. The van der Waals surface area contributed by atoms with Crippen LogP contribution in [0.5, 0.6) is 0 Å². The third-order valence-corrected chi connectivity index (χ3v) is 1.80. The van der Waals surface area contributed by atoms with Crippen molar-refractivity contribution in [3.8, 4) is 0 Å². The van der Waals surface area contributed by atoms with Crippen LogP contribution in [0.4, 0.5) is 0 Å². The molecule has 1 heterocycles. The zero-order valence-electron chi connectivity index (χ0n) is 7.53. The zero-order valence-corrected chi connectivity index (χ0v) is 8.35. The SMILES string of the molecule is Cl.NCCC(=O)OCC1CCCO1. The second-order valence-electron chi connectivity index (χ2n) is 2.86. The van der Waals surface area contributed by atoms with Crippen molar-refractivity contribution in [2.45, 2.75) is 25.4 Å². The van der Waals surface area contributed by atoms with Crippen LogP contribution in [0.1, 0.15) is 19.3 Å². The average molecular weight is 210 g/mol. The van der Waals surface area contributed by atoms with E-state index >= 15 is 0 Å². The molecule has 0 aromatic rings. The summed E-state index contributed by atoms with van der Waals surface area (Å²) in [6.07, 6.45) is 2.48. The predicted octanol–water partition coefficient (Wildman–Crippen LogP) is 0.479. The van der Waals surface area contributed by atoms with Crippen molar-refractivity contribution < 1.29 is 14.3 Å². The fourth-order valence-electron chi connectivity index (χ4n) is 1.15. The van der Waals surface area contributed by atoms with E-state index in [1.807, 2.05) is 0 Å². The lowest BCUT2D eigenvalue weighted by Gasteiger charge is -2.09. The van der Waals surface area contributed by atoms with Gasteiger partial charge in [0.2, 0.25) is 0 Å². The monoisotopic (exact) mass is 209 g/mol. The summed E-state index contributed by atoms with van der Waals surface area (Å²) < 4.78 is 10.2. The Kier molecular flexibility index (Phi) is 6.94. The lowest BCUT2D eigenvalue weighted by Crippen LogP contribution is -2.19. The van der Waals surface area contributed by atoms with Crippen LogP contribution in [0.15, 0.2) is 0 Å². The molecule has 0 saturated carbocycles. The Bertz CT molecular complexity index is 148. The van der Waals surface area contributed by atoms with Gasteiger partial charge in [-0.25, -0.2) is 0 Å². The van der Waals surface area contributed by atoms with E-state index in [-0.39, 0.29) is 24.5 Å². The molecule has 1 saturated heterocycles. The lowest BCUT2D eigenvalue weighted by atomic mass is 10.2. The van der Waals surface area contributed by atoms with E-state index in [1.54, 1.807) is 0 Å². The summed E-state index contributed by atoms with van der Waals surface area (Å²) in [5.74, 6) is -0.229. The van der Waals surface area contributed by atoms with Crippen LogP contribution in [0.25, 0.3) is 0 Å². The molecule has 1 aliphatic rings. The maximum atomic E-state index is 10.8. The lowest BCUT2D eigenvalue weighted by molar-refractivity contribution is -0.146. The van der Waals surface area contributed by atoms with E-state index in [4.69, 9.17) is 15.2 Å². The van der Waals surface area contributed by atoms with Crippen molar-refractivity contribution in [1.29, 1.82) is 0 Å². The molecule has 1 fully saturated rings. The quantitative estimate of drug-likeness (QED) is 0.685. The first-order chi connectivity index (χ1) is 5.83. The number of hydrogen-bond acceptors (Lipinski definition) is 4. The predicted molar refractivity (Wildman–Crippen MR) is 50.9 cm³/mol. The van der Waals surface area contributed by atoms with E-state index in [0.29, 0.717) is 19.6 Å². The molecule has 0 radical (unpaired) electrons. The van der Waals surface area contributed by atoms with Gasteiger partial charge in [-0.1, -0.05) is 0 Å². The first-order valence-corrected chi connectivity index (χ1v) is 4.30. The molecule has 1 unspecified atom stereocenters. The fraction of sp³-hybridized carbons (Fsp3) is 0.875. The third kappa shape index (κ3) is 5.08. The number of carbonyl (C=O) groups excluding carboxylic acids is 1. The molecular formula is C8H16ClNO3. The van der Waals surface area contributed by atoms with Crippen molar-refractivity contribution >= 4 is 18.4 Å². The highest BCUT2D eigenvalue weighted by Gasteiger charge is 2.16. The third-order valence-electron chi connectivity index (χ3n) is 1.80. The Morgan fingerprint density at radius 2 is 2.38 bits per heavy atom. The molecule has 0 aliphatic carbocycles. The Morgan fingerprint density at radius 1 is 1.62 bits per heavy atom. The number of ether oxygens (including phenoxy) is 2. The molecule has 0 aromatic carbocycles. The number of halogens is 1. The Hall–Kier alpha value is -0.320. The van der Waals surface area contributed by atoms with Crippen LogP contribution in [0, 0.1) is 0 Å². The minimum absolute atomic E-state index is 0. The first kappa shape index (κ1) is 12.7. The number of carbonyl (C=O) groups is 1. The van der Waals surface area contributed by atoms with Gasteiger partial charge in [0.25, 0.3) is 0 Å². The molecule has 1 aliphatic heterocycles. The largest absolute Gasteiger partial charge is 0.463 e. The summed E-state index contributed by atoms with van der Waals surface area (Å²) in [6.45, 7) is 1.53. The van der Waals surface area contributed by atoms with E-state index < -0.39 is 0 Å². The molecule has 1 atom stereocenters. The summed E-state index contributed by atoms with van der Waals surface area (Å²) in [6, 6.07) is 0. The normalized spacial score (nSPS) is 20.8. The van der Waals surface area contributed by atoms with E-state index in [0.717, 1.165) is 19.4 Å². The van der Waals surface area contributed by atoms with Gasteiger partial charge in [0.15, 0.2) is 0 Å². The molecule has 1 rings (SSSR count). The van der Waals surface area contributed by atoms with Gasteiger partial charge in [-0.15, -0.1) is 12.4 Å². The molecule has 13 heavy (non-hydrogen) atoms. The van der Waals surface area contributed by atoms with Crippen LogP contribution in [0.3, 0.4) is 0 Å². The molecule has 78 valence electrons. The summed E-state index contributed by atoms with van der Waals surface area (Å²) in [5.41, 5.74) is 5.18. The fourth-order valence-corrected chi connectivity index (χ4v) is 1.15. The number of nitrogens with two attached hydrogens (primary N) is 1. The molecule has 0 aromatic heterocycles. The van der Waals surface area contributed by atoms with Crippen LogP contribution >= 0.6 is 12.4 Å². The maximum absolute atomic E-state index is 10.8. The van der Waals surface area contributed by atoms with Crippen LogP contribution < -0.4 is 5.73 Å². The number of rotatable bonds is 4. The molecule has 0 spiro atoms. The van der Waals surface area contributed by atoms with E-state index in [2.05, 4.69) is 0 Å². The molecule has 0 bridgehead atoms. The Balaban J connectivity index is 0.00000144. The van der Waals surface area contributed by atoms with E-state index in [1.165, 1.54) is 0 Å². The van der Waals surface area contributed by atoms with Gasteiger partial charge in [0.05, 0.1) is 12.5 Å². The smallest absolute Gasteiger partial charge is 0.307 e. The van der Waals surface area contributed by atoms with E-state index in [9.17, 15) is 4.79 Å². The molecular weight excluding hydrogens is 194 g/mol. The van der Waals surface area contributed by atoms with Crippen molar-refractivity contribution in [1.82, 2.24) is 0 Å². The highest BCUT2D eigenvalue weighted by atomic mass is 35.5. The van der Waals surface area contributed by atoms with Crippen molar-refractivity contribution in [3.63, 3.8) is 0 Å². The van der Waals surface area contributed by atoms with Crippen molar-refractivity contribution in [2.24, 2.45) is 5.73 Å². The van der Waals surface area contributed by atoms with Crippen molar-refractivity contribution in [3.05, 3.63) is 0 Å². The second kappa shape index (κ2) is 7.12. The molecule has 0 amide bonds.